The first-order valence-corrected chi connectivity index (χ1v) is 10.5. The van der Waals surface area contributed by atoms with Gasteiger partial charge in [-0.2, -0.15) is 0 Å². The van der Waals surface area contributed by atoms with E-state index < -0.39 is 10.8 Å². The van der Waals surface area contributed by atoms with Gasteiger partial charge in [-0.05, 0) is 31.9 Å². The Kier molecular flexibility index (Phi) is 4.89. The summed E-state index contributed by atoms with van der Waals surface area (Å²) in [6.45, 7) is 1.87. The van der Waals surface area contributed by atoms with E-state index in [1.165, 1.54) is 40.5 Å². The highest BCUT2D eigenvalue weighted by atomic mass is 32.2. The standard InChI is InChI=1S/C16H13N5O3S3/c1-8-7-25-16(17-8)26-12-5-4-10(6-11(12)21(23)24)13(22)18-15-20-19-14(27-15)9-2-3-9/h4-7,9H,2-3H2,1H3,(H,18,20,22). The molecule has 0 unspecified atom stereocenters. The number of thiazole rings is 1. The average Bonchev–Trinajstić information content (AvgIpc) is 3.26. The van der Waals surface area contributed by atoms with Crippen LogP contribution in [0.4, 0.5) is 10.8 Å². The predicted molar refractivity (Wildman–Crippen MR) is 104 cm³/mol. The topological polar surface area (TPSA) is 111 Å². The van der Waals surface area contributed by atoms with Crippen molar-refractivity contribution in [1.29, 1.82) is 0 Å². The molecule has 1 N–H and O–H groups in total. The number of hydrogen-bond acceptors (Lipinski definition) is 9. The minimum Gasteiger partial charge on any atom is -0.296 e. The lowest BCUT2D eigenvalue weighted by Gasteiger charge is -2.04. The Morgan fingerprint density at radius 2 is 2.19 bits per heavy atom. The minimum atomic E-state index is -0.490. The minimum absolute atomic E-state index is 0.128. The molecule has 1 amide bonds. The van der Waals surface area contributed by atoms with Gasteiger partial charge in [0.25, 0.3) is 11.6 Å². The molecule has 138 valence electrons. The van der Waals surface area contributed by atoms with Crippen molar-refractivity contribution in [1.82, 2.24) is 15.2 Å². The van der Waals surface area contributed by atoms with Gasteiger partial charge in [0, 0.05) is 28.6 Å². The fraction of sp³-hybridized carbons (Fsp3) is 0.250. The second-order valence-corrected chi connectivity index (χ2v) is 9.13. The van der Waals surface area contributed by atoms with E-state index in [2.05, 4.69) is 20.5 Å². The van der Waals surface area contributed by atoms with Crippen LogP contribution in [0.1, 0.15) is 39.8 Å². The van der Waals surface area contributed by atoms with Crippen molar-refractivity contribution in [3.63, 3.8) is 0 Å². The molecule has 1 aliphatic carbocycles. The number of amides is 1. The Morgan fingerprint density at radius 1 is 1.37 bits per heavy atom. The molecule has 1 aliphatic rings. The molecule has 3 aromatic rings. The molecule has 0 radical (unpaired) electrons. The van der Waals surface area contributed by atoms with Gasteiger partial charge in [0.15, 0.2) is 4.34 Å². The summed E-state index contributed by atoms with van der Waals surface area (Å²) in [5.74, 6) is 0.0123. The first kappa shape index (κ1) is 18.0. The number of benzene rings is 1. The van der Waals surface area contributed by atoms with E-state index in [-0.39, 0.29) is 11.3 Å². The number of rotatable bonds is 6. The molecule has 1 aromatic carbocycles. The zero-order valence-corrected chi connectivity index (χ0v) is 16.5. The zero-order valence-electron chi connectivity index (χ0n) is 14.0. The molecule has 0 spiro atoms. The molecule has 0 aliphatic heterocycles. The van der Waals surface area contributed by atoms with Crippen LogP contribution < -0.4 is 5.32 Å². The monoisotopic (exact) mass is 419 g/mol. The fourth-order valence-corrected chi connectivity index (χ4v) is 5.10. The van der Waals surface area contributed by atoms with E-state index in [1.807, 2.05) is 12.3 Å². The third kappa shape index (κ3) is 4.15. The summed E-state index contributed by atoms with van der Waals surface area (Å²) < 4.78 is 0.717. The molecule has 8 nitrogen and oxygen atoms in total. The van der Waals surface area contributed by atoms with E-state index >= 15 is 0 Å². The summed E-state index contributed by atoms with van der Waals surface area (Å²) in [7, 11) is 0. The van der Waals surface area contributed by atoms with Gasteiger partial charge in [0.1, 0.15) is 5.01 Å². The maximum Gasteiger partial charge on any atom is 0.284 e. The maximum atomic E-state index is 12.4. The van der Waals surface area contributed by atoms with E-state index in [0.717, 1.165) is 23.5 Å². The number of carbonyl (C=O) groups excluding carboxylic acids is 1. The number of carbonyl (C=O) groups is 1. The second kappa shape index (κ2) is 7.33. The lowest BCUT2D eigenvalue weighted by atomic mass is 10.2. The normalized spacial score (nSPS) is 13.5. The summed E-state index contributed by atoms with van der Waals surface area (Å²) >= 11 is 3.98. The van der Waals surface area contributed by atoms with Crippen LogP contribution in [-0.4, -0.2) is 26.0 Å². The van der Waals surface area contributed by atoms with Crippen molar-refractivity contribution in [2.75, 3.05) is 5.32 Å². The van der Waals surface area contributed by atoms with Gasteiger partial charge in [0.05, 0.1) is 9.82 Å². The Labute approximate surface area is 166 Å². The number of nitro benzene ring substituents is 1. The largest absolute Gasteiger partial charge is 0.296 e. The van der Waals surface area contributed by atoms with Gasteiger partial charge >= 0.3 is 0 Å². The summed E-state index contributed by atoms with van der Waals surface area (Å²) in [5.41, 5.74) is 0.935. The molecule has 1 fully saturated rings. The molecule has 0 atom stereocenters. The number of nitro groups is 1. The molecule has 27 heavy (non-hydrogen) atoms. The fourth-order valence-electron chi connectivity index (χ4n) is 2.31. The molecular weight excluding hydrogens is 406 g/mol. The van der Waals surface area contributed by atoms with E-state index in [4.69, 9.17) is 0 Å². The number of anilines is 1. The number of nitrogens with zero attached hydrogens (tertiary/aromatic N) is 4. The third-order valence-corrected chi connectivity index (χ3v) is 6.92. The summed E-state index contributed by atoms with van der Waals surface area (Å²) in [6.07, 6.45) is 2.21. The highest BCUT2D eigenvalue weighted by molar-refractivity contribution is 8.01. The van der Waals surface area contributed by atoms with Crippen LogP contribution >= 0.6 is 34.4 Å². The zero-order chi connectivity index (χ0) is 19.0. The van der Waals surface area contributed by atoms with Crippen molar-refractivity contribution >= 4 is 51.2 Å². The summed E-state index contributed by atoms with van der Waals surface area (Å²) in [6, 6.07) is 4.42. The van der Waals surface area contributed by atoms with Crippen molar-refractivity contribution in [2.24, 2.45) is 0 Å². The lowest BCUT2D eigenvalue weighted by Crippen LogP contribution is -2.12. The van der Waals surface area contributed by atoms with Crippen molar-refractivity contribution in [2.45, 2.75) is 34.9 Å². The Balaban J connectivity index is 1.54. The Morgan fingerprint density at radius 3 is 2.85 bits per heavy atom. The molecule has 0 bridgehead atoms. The van der Waals surface area contributed by atoms with Crippen LogP contribution in [0.15, 0.2) is 32.8 Å². The van der Waals surface area contributed by atoms with Gasteiger partial charge in [0.2, 0.25) is 5.13 Å². The highest BCUT2D eigenvalue weighted by Gasteiger charge is 2.28. The van der Waals surface area contributed by atoms with Gasteiger partial charge in [-0.1, -0.05) is 23.1 Å². The number of hydrogen-bond donors (Lipinski definition) is 1. The van der Waals surface area contributed by atoms with Crippen LogP contribution in [0.2, 0.25) is 0 Å². The van der Waals surface area contributed by atoms with Crippen LogP contribution in [0, 0.1) is 17.0 Å². The Bertz CT molecular complexity index is 1030. The van der Waals surface area contributed by atoms with E-state index in [9.17, 15) is 14.9 Å². The van der Waals surface area contributed by atoms with E-state index in [0.29, 0.717) is 20.3 Å². The first-order valence-electron chi connectivity index (χ1n) is 8.03. The second-order valence-electron chi connectivity index (χ2n) is 5.97. The maximum absolute atomic E-state index is 12.4. The van der Waals surface area contributed by atoms with E-state index in [1.54, 1.807) is 12.1 Å². The number of aryl methyl sites for hydroxylation is 1. The van der Waals surface area contributed by atoms with Crippen molar-refractivity contribution in [3.05, 3.63) is 50.0 Å². The van der Waals surface area contributed by atoms with Crippen molar-refractivity contribution in [3.8, 4) is 0 Å². The Hall–Kier alpha value is -2.37. The van der Waals surface area contributed by atoms with Crippen LogP contribution in [0.25, 0.3) is 0 Å². The van der Waals surface area contributed by atoms with Gasteiger partial charge in [-0.25, -0.2) is 4.98 Å². The quantitative estimate of drug-likeness (QED) is 0.463. The van der Waals surface area contributed by atoms with Crippen LogP contribution in [0.5, 0.6) is 0 Å². The SMILES string of the molecule is Cc1csc(Sc2ccc(C(=O)Nc3nnc(C4CC4)s3)cc2[N+](=O)[O-])n1. The number of nitrogens with one attached hydrogen (secondary N) is 1. The molecule has 2 aromatic heterocycles. The molecule has 11 heteroatoms. The summed E-state index contributed by atoms with van der Waals surface area (Å²) in [5, 5.41) is 25.4. The summed E-state index contributed by atoms with van der Waals surface area (Å²) in [4.78, 5) is 28.2. The number of aromatic nitrogens is 3. The molecule has 4 rings (SSSR count). The van der Waals surface area contributed by atoms with Crippen LogP contribution in [-0.2, 0) is 0 Å². The predicted octanol–water partition coefficient (Wildman–Crippen LogP) is 4.49. The highest BCUT2D eigenvalue weighted by Crippen LogP contribution is 2.42. The third-order valence-electron chi connectivity index (χ3n) is 3.80. The lowest BCUT2D eigenvalue weighted by molar-refractivity contribution is -0.387. The van der Waals surface area contributed by atoms with Gasteiger partial charge in [-0.15, -0.1) is 21.5 Å². The van der Waals surface area contributed by atoms with Gasteiger partial charge in [-0.3, -0.25) is 20.2 Å². The smallest absolute Gasteiger partial charge is 0.284 e. The van der Waals surface area contributed by atoms with Crippen molar-refractivity contribution < 1.29 is 9.72 Å². The molecule has 1 saturated carbocycles. The molecule has 0 saturated heterocycles. The van der Waals surface area contributed by atoms with Gasteiger partial charge < -0.3 is 0 Å². The van der Waals surface area contributed by atoms with Crippen LogP contribution in [0.3, 0.4) is 0 Å². The molecular formula is C16H13N5O3S3. The average molecular weight is 420 g/mol. The molecule has 2 heterocycles. The first-order chi connectivity index (χ1) is 13.0.